The van der Waals surface area contributed by atoms with Crippen LogP contribution in [0.3, 0.4) is 0 Å². The Labute approximate surface area is 143 Å². The number of amides is 2. The summed E-state index contributed by atoms with van der Waals surface area (Å²) in [6.45, 7) is 1.75. The van der Waals surface area contributed by atoms with Gasteiger partial charge in [-0.15, -0.1) is 0 Å². The molecule has 0 bridgehead atoms. The zero-order chi connectivity index (χ0) is 17.1. The summed E-state index contributed by atoms with van der Waals surface area (Å²) in [7, 11) is 0. The van der Waals surface area contributed by atoms with Gasteiger partial charge in [0.25, 0.3) is 11.8 Å². The fourth-order valence-electron chi connectivity index (χ4n) is 2.65. The third-order valence-electron chi connectivity index (χ3n) is 3.99. The number of carbonyl (C=O) groups is 2. The summed E-state index contributed by atoms with van der Waals surface area (Å²) in [5.74, 6) is -0.661. The van der Waals surface area contributed by atoms with Crippen molar-refractivity contribution in [3.63, 3.8) is 0 Å². The van der Waals surface area contributed by atoms with E-state index in [1.54, 1.807) is 28.1 Å². The van der Waals surface area contributed by atoms with Crippen LogP contribution in [0, 0.1) is 10.5 Å². The normalized spacial score (nSPS) is 14.5. The molecule has 0 atom stereocenters. The van der Waals surface area contributed by atoms with Gasteiger partial charge in [-0.2, -0.15) is 0 Å². The summed E-state index contributed by atoms with van der Waals surface area (Å²) in [6.07, 6.45) is 1.68. The summed E-state index contributed by atoms with van der Waals surface area (Å²) in [5.41, 5.74) is 0.910. The highest BCUT2D eigenvalue weighted by molar-refractivity contribution is 7.71. The molecule has 3 rings (SSSR count). The third-order valence-corrected chi connectivity index (χ3v) is 4.33. The van der Waals surface area contributed by atoms with Gasteiger partial charge in [0, 0.05) is 37.9 Å². The van der Waals surface area contributed by atoms with Gasteiger partial charge in [0.05, 0.1) is 5.56 Å². The van der Waals surface area contributed by atoms with Crippen molar-refractivity contribution in [3.8, 4) is 0 Å². The second-order valence-electron chi connectivity index (χ2n) is 5.50. The number of rotatable bonds is 2. The molecule has 0 saturated carbocycles. The molecule has 1 aromatic heterocycles. The summed E-state index contributed by atoms with van der Waals surface area (Å²) >= 11 is 5.14. The monoisotopic (exact) mass is 345 g/mol. The van der Waals surface area contributed by atoms with Crippen molar-refractivity contribution in [2.24, 2.45) is 0 Å². The number of nitrogens with one attached hydrogen (secondary N) is 1. The van der Waals surface area contributed by atoms with Crippen molar-refractivity contribution >= 4 is 24.0 Å². The number of benzene rings is 1. The van der Waals surface area contributed by atoms with Gasteiger partial charge in [0.15, 0.2) is 0 Å². The second-order valence-corrected chi connectivity index (χ2v) is 5.91. The number of aromatic amines is 1. The molecule has 2 aromatic rings. The van der Waals surface area contributed by atoms with E-state index in [4.69, 9.17) is 12.2 Å². The first-order chi connectivity index (χ1) is 11.6. The first kappa shape index (κ1) is 16.3. The molecule has 5 nitrogen and oxygen atoms in total. The van der Waals surface area contributed by atoms with E-state index in [0.717, 1.165) is 0 Å². The number of carbonyl (C=O) groups excluding carboxylic acids is 2. The van der Waals surface area contributed by atoms with E-state index < -0.39 is 0 Å². The first-order valence-electron chi connectivity index (χ1n) is 7.58. The van der Waals surface area contributed by atoms with Crippen LogP contribution in [-0.2, 0) is 0 Å². The van der Waals surface area contributed by atoms with Gasteiger partial charge in [0.2, 0.25) is 0 Å². The van der Waals surface area contributed by atoms with Crippen LogP contribution in [0.1, 0.15) is 20.7 Å². The van der Waals surface area contributed by atoms with Gasteiger partial charge in [0.1, 0.15) is 10.5 Å². The Morgan fingerprint density at radius 3 is 2.12 bits per heavy atom. The lowest BCUT2D eigenvalue weighted by molar-refractivity contribution is 0.0535. The molecular weight excluding hydrogens is 329 g/mol. The average molecular weight is 345 g/mol. The average Bonchev–Trinajstić information content (AvgIpc) is 2.62. The highest BCUT2D eigenvalue weighted by Crippen LogP contribution is 2.12. The molecule has 1 N–H and O–H groups in total. The van der Waals surface area contributed by atoms with Crippen molar-refractivity contribution in [1.82, 2.24) is 14.8 Å². The Hall–Kier alpha value is -2.54. The molecule has 0 unspecified atom stereocenters. The molecule has 0 radical (unpaired) electrons. The third kappa shape index (κ3) is 3.35. The molecule has 1 aromatic carbocycles. The van der Waals surface area contributed by atoms with E-state index in [2.05, 4.69) is 4.98 Å². The summed E-state index contributed by atoms with van der Waals surface area (Å²) in [5, 5.41) is 0. The number of piperazine rings is 1. The van der Waals surface area contributed by atoms with Crippen LogP contribution in [0.4, 0.5) is 4.39 Å². The van der Waals surface area contributed by atoms with Gasteiger partial charge in [-0.05, 0) is 36.4 Å². The lowest BCUT2D eigenvalue weighted by Gasteiger charge is -2.34. The number of hydrogen-bond acceptors (Lipinski definition) is 3. The molecule has 7 heteroatoms. The molecular formula is C17H16FN3O2S. The van der Waals surface area contributed by atoms with E-state index in [1.165, 1.54) is 24.3 Å². The number of pyridine rings is 1. The largest absolute Gasteiger partial charge is 0.352 e. The maximum atomic E-state index is 12.9. The van der Waals surface area contributed by atoms with E-state index in [0.29, 0.717) is 41.9 Å². The molecule has 0 spiro atoms. The zero-order valence-corrected chi connectivity index (χ0v) is 13.7. The standard InChI is InChI=1S/C17H16FN3O2S/c18-13-5-3-12(4-6-13)16(22)20-8-10-21(11-9-20)17(23)14-2-1-7-19-15(14)24/h1-7H,8-11H2,(H,19,24). The fourth-order valence-corrected chi connectivity index (χ4v) is 2.87. The van der Waals surface area contributed by atoms with Gasteiger partial charge in [-0.3, -0.25) is 9.59 Å². The number of hydrogen-bond donors (Lipinski definition) is 1. The van der Waals surface area contributed by atoms with Crippen LogP contribution < -0.4 is 0 Å². The van der Waals surface area contributed by atoms with Crippen LogP contribution in [0.15, 0.2) is 42.6 Å². The predicted molar refractivity (Wildman–Crippen MR) is 89.8 cm³/mol. The lowest BCUT2D eigenvalue weighted by atomic mass is 10.1. The number of H-pyrrole nitrogens is 1. The van der Waals surface area contributed by atoms with Gasteiger partial charge in [-0.25, -0.2) is 4.39 Å². The minimum absolute atomic E-state index is 0.134. The van der Waals surface area contributed by atoms with Crippen LogP contribution in [0.2, 0.25) is 0 Å². The van der Waals surface area contributed by atoms with Crippen molar-refractivity contribution in [1.29, 1.82) is 0 Å². The molecule has 1 aliphatic rings. The van der Waals surface area contributed by atoms with Gasteiger partial charge < -0.3 is 14.8 Å². The maximum Gasteiger partial charge on any atom is 0.256 e. The Balaban J connectivity index is 1.64. The molecule has 2 heterocycles. The maximum absolute atomic E-state index is 12.9. The van der Waals surface area contributed by atoms with Crippen LogP contribution in [0.5, 0.6) is 0 Å². The van der Waals surface area contributed by atoms with E-state index >= 15 is 0 Å². The molecule has 1 aliphatic heterocycles. The molecule has 0 aliphatic carbocycles. The highest BCUT2D eigenvalue weighted by atomic mass is 32.1. The smallest absolute Gasteiger partial charge is 0.256 e. The minimum atomic E-state index is -0.374. The van der Waals surface area contributed by atoms with Gasteiger partial charge >= 0.3 is 0 Å². The number of aromatic nitrogens is 1. The fraction of sp³-hybridized carbons (Fsp3) is 0.235. The Kier molecular flexibility index (Phi) is 4.71. The first-order valence-corrected chi connectivity index (χ1v) is 7.99. The van der Waals surface area contributed by atoms with E-state index in [-0.39, 0.29) is 17.6 Å². The zero-order valence-electron chi connectivity index (χ0n) is 12.9. The molecule has 1 fully saturated rings. The SMILES string of the molecule is O=C(c1ccc(F)cc1)N1CCN(C(=O)c2ccc[nH]c2=S)CC1. The topological polar surface area (TPSA) is 56.4 Å². The summed E-state index contributed by atoms with van der Waals surface area (Å²) < 4.78 is 13.4. The predicted octanol–water partition coefficient (Wildman–Crippen LogP) is 2.48. The minimum Gasteiger partial charge on any atom is -0.352 e. The molecule has 1 saturated heterocycles. The van der Waals surface area contributed by atoms with Crippen LogP contribution >= 0.6 is 12.2 Å². The van der Waals surface area contributed by atoms with Crippen molar-refractivity contribution in [2.75, 3.05) is 26.2 Å². The summed E-state index contributed by atoms with van der Waals surface area (Å²) in [6, 6.07) is 8.90. The van der Waals surface area contributed by atoms with Gasteiger partial charge in [-0.1, -0.05) is 12.2 Å². The molecule has 124 valence electrons. The number of halogens is 1. The van der Waals surface area contributed by atoms with E-state index in [9.17, 15) is 14.0 Å². The second kappa shape index (κ2) is 6.92. The van der Waals surface area contributed by atoms with Crippen molar-refractivity contribution < 1.29 is 14.0 Å². The Morgan fingerprint density at radius 1 is 0.958 bits per heavy atom. The lowest BCUT2D eigenvalue weighted by Crippen LogP contribution is -2.50. The van der Waals surface area contributed by atoms with Crippen molar-refractivity contribution in [3.05, 3.63) is 64.2 Å². The van der Waals surface area contributed by atoms with Crippen molar-refractivity contribution in [2.45, 2.75) is 0 Å². The number of nitrogens with zero attached hydrogens (tertiary/aromatic N) is 2. The van der Waals surface area contributed by atoms with Crippen LogP contribution in [-0.4, -0.2) is 52.8 Å². The van der Waals surface area contributed by atoms with Crippen LogP contribution in [0.25, 0.3) is 0 Å². The quantitative estimate of drug-likeness (QED) is 0.851. The Bertz CT molecular complexity index is 811. The summed E-state index contributed by atoms with van der Waals surface area (Å²) in [4.78, 5) is 31.1. The molecule has 24 heavy (non-hydrogen) atoms. The Morgan fingerprint density at radius 2 is 1.54 bits per heavy atom. The molecule has 2 amide bonds. The highest BCUT2D eigenvalue weighted by Gasteiger charge is 2.26. The van der Waals surface area contributed by atoms with E-state index in [1.807, 2.05) is 0 Å².